The van der Waals surface area contributed by atoms with E-state index in [0.717, 1.165) is 32.5 Å². The van der Waals surface area contributed by atoms with Gasteiger partial charge in [-0.25, -0.2) is 4.98 Å². The highest BCUT2D eigenvalue weighted by molar-refractivity contribution is 5.94. The second-order valence-electron chi connectivity index (χ2n) is 6.15. The highest BCUT2D eigenvalue weighted by atomic mass is 16.3. The van der Waals surface area contributed by atoms with Crippen LogP contribution in [-0.2, 0) is 0 Å². The maximum atomic E-state index is 12.0. The van der Waals surface area contributed by atoms with Crippen LogP contribution < -0.4 is 5.32 Å². The fraction of sp³-hybridized carbons (Fsp3) is 0.368. The van der Waals surface area contributed by atoms with Crippen LogP contribution in [0.1, 0.15) is 34.8 Å². The lowest BCUT2D eigenvalue weighted by Crippen LogP contribution is -2.39. The Bertz CT molecular complexity index is 667. The van der Waals surface area contributed by atoms with Crippen molar-refractivity contribution in [2.24, 2.45) is 0 Å². The van der Waals surface area contributed by atoms with Gasteiger partial charge in [0.1, 0.15) is 5.75 Å². The Labute approximate surface area is 142 Å². The minimum absolute atomic E-state index is 0.0836. The third-order valence-electron chi connectivity index (χ3n) is 4.57. The molecule has 0 aliphatic carbocycles. The minimum Gasteiger partial charge on any atom is -0.505 e. The third-order valence-corrected chi connectivity index (χ3v) is 4.57. The second kappa shape index (κ2) is 7.93. The standard InChI is InChI=1S/C19H23N3O2/c23-17-7-4-10-20-18(17)19(24)21-11-14-22-12-8-16(9-13-22)15-5-2-1-3-6-15/h1-7,10,16,23H,8-9,11-14H2,(H,21,24). The average molecular weight is 325 g/mol. The fourth-order valence-electron chi connectivity index (χ4n) is 3.20. The number of nitrogens with one attached hydrogen (secondary N) is 1. The highest BCUT2D eigenvalue weighted by Crippen LogP contribution is 2.27. The zero-order valence-corrected chi connectivity index (χ0v) is 13.7. The summed E-state index contributed by atoms with van der Waals surface area (Å²) in [6.07, 6.45) is 3.81. The van der Waals surface area contributed by atoms with E-state index in [-0.39, 0.29) is 17.4 Å². The molecule has 1 aliphatic rings. The van der Waals surface area contributed by atoms with Crippen molar-refractivity contribution in [1.29, 1.82) is 0 Å². The van der Waals surface area contributed by atoms with Gasteiger partial charge in [0.2, 0.25) is 0 Å². The highest BCUT2D eigenvalue weighted by Gasteiger charge is 2.20. The summed E-state index contributed by atoms with van der Waals surface area (Å²) in [5, 5.41) is 12.5. The minimum atomic E-state index is -0.327. The predicted octanol–water partition coefficient (Wildman–Crippen LogP) is 2.40. The molecule has 1 aromatic heterocycles. The van der Waals surface area contributed by atoms with E-state index in [1.807, 2.05) is 0 Å². The van der Waals surface area contributed by atoms with Gasteiger partial charge >= 0.3 is 0 Å². The molecule has 1 aliphatic heterocycles. The van der Waals surface area contributed by atoms with Gasteiger partial charge in [0.05, 0.1) is 0 Å². The van der Waals surface area contributed by atoms with Crippen LogP contribution in [0.15, 0.2) is 48.7 Å². The topological polar surface area (TPSA) is 65.5 Å². The molecule has 3 rings (SSSR count). The number of amides is 1. The van der Waals surface area contributed by atoms with Gasteiger partial charge < -0.3 is 15.3 Å². The quantitative estimate of drug-likeness (QED) is 0.886. The number of rotatable bonds is 5. The van der Waals surface area contributed by atoms with E-state index >= 15 is 0 Å². The number of piperidine rings is 1. The molecule has 126 valence electrons. The van der Waals surface area contributed by atoms with E-state index in [9.17, 15) is 9.90 Å². The van der Waals surface area contributed by atoms with Gasteiger partial charge in [0, 0.05) is 19.3 Å². The summed E-state index contributed by atoms with van der Waals surface area (Å²) in [5.41, 5.74) is 1.51. The molecule has 0 spiro atoms. The first kappa shape index (κ1) is 16.5. The SMILES string of the molecule is O=C(NCCN1CCC(c2ccccc2)CC1)c1ncccc1O. The number of nitrogens with zero attached hydrogens (tertiary/aromatic N) is 2. The Morgan fingerprint density at radius 2 is 1.92 bits per heavy atom. The predicted molar refractivity (Wildman–Crippen MR) is 93.1 cm³/mol. The molecule has 0 radical (unpaired) electrons. The van der Waals surface area contributed by atoms with Crippen LogP contribution in [0.25, 0.3) is 0 Å². The lowest BCUT2D eigenvalue weighted by atomic mass is 9.89. The maximum absolute atomic E-state index is 12.0. The third kappa shape index (κ3) is 4.11. The zero-order chi connectivity index (χ0) is 16.8. The summed E-state index contributed by atoms with van der Waals surface area (Å²) in [7, 11) is 0. The van der Waals surface area contributed by atoms with Gasteiger partial charge in [-0.05, 0) is 49.5 Å². The first-order valence-electron chi connectivity index (χ1n) is 8.43. The molecule has 0 bridgehead atoms. The number of hydrogen-bond acceptors (Lipinski definition) is 4. The lowest BCUT2D eigenvalue weighted by Gasteiger charge is -2.32. The molecule has 5 nitrogen and oxygen atoms in total. The van der Waals surface area contributed by atoms with Crippen LogP contribution in [0.2, 0.25) is 0 Å². The molecule has 1 saturated heterocycles. The average Bonchev–Trinajstić information content (AvgIpc) is 2.63. The van der Waals surface area contributed by atoms with Crippen molar-refractivity contribution in [3.63, 3.8) is 0 Å². The fourth-order valence-corrected chi connectivity index (χ4v) is 3.20. The number of carbonyl (C=O) groups is 1. The molecule has 24 heavy (non-hydrogen) atoms. The molecule has 0 unspecified atom stereocenters. The molecule has 2 aromatic rings. The van der Waals surface area contributed by atoms with Gasteiger partial charge in [-0.2, -0.15) is 0 Å². The molecule has 0 atom stereocenters. The number of hydrogen-bond donors (Lipinski definition) is 2. The molecule has 1 aromatic carbocycles. The van der Waals surface area contributed by atoms with Gasteiger partial charge in [-0.15, -0.1) is 0 Å². The summed E-state index contributed by atoms with van der Waals surface area (Å²) >= 11 is 0. The van der Waals surface area contributed by atoms with Gasteiger partial charge in [-0.3, -0.25) is 4.79 Å². The van der Waals surface area contributed by atoms with E-state index in [1.165, 1.54) is 17.8 Å². The molecule has 2 heterocycles. The Morgan fingerprint density at radius 1 is 1.17 bits per heavy atom. The number of likely N-dealkylation sites (tertiary alicyclic amines) is 1. The van der Waals surface area contributed by atoms with Crippen molar-refractivity contribution >= 4 is 5.91 Å². The second-order valence-corrected chi connectivity index (χ2v) is 6.15. The summed E-state index contributed by atoms with van der Waals surface area (Å²) in [6.45, 7) is 3.47. The molecule has 1 amide bonds. The number of aromatic nitrogens is 1. The number of benzene rings is 1. The first-order chi connectivity index (χ1) is 11.7. The van der Waals surface area contributed by atoms with E-state index in [4.69, 9.17) is 0 Å². The Morgan fingerprint density at radius 3 is 2.62 bits per heavy atom. The van der Waals surface area contributed by atoms with Crippen LogP contribution in [0, 0.1) is 0 Å². The van der Waals surface area contributed by atoms with Gasteiger partial charge in [0.25, 0.3) is 5.91 Å². The zero-order valence-electron chi connectivity index (χ0n) is 13.7. The van der Waals surface area contributed by atoms with E-state index in [0.29, 0.717) is 12.5 Å². The molecule has 1 fully saturated rings. The number of aromatic hydroxyl groups is 1. The maximum Gasteiger partial charge on any atom is 0.273 e. The first-order valence-corrected chi connectivity index (χ1v) is 8.43. The summed E-state index contributed by atoms with van der Waals surface area (Å²) < 4.78 is 0. The summed E-state index contributed by atoms with van der Waals surface area (Å²) in [4.78, 5) is 18.3. The van der Waals surface area contributed by atoms with E-state index < -0.39 is 0 Å². The lowest BCUT2D eigenvalue weighted by molar-refractivity contribution is 0.0938. The Hall–Kier alpha value is -2.40. The molecule has 0 saturated carbocycles. The Kier molecular flexibility index (Phi) is 5.43. The van der Waals surface area contributed by atoms with Crippen molar-refractivity contribution in [2.45, 2.75) is 18.8 Å². The Balaban J connectivity index is 1.41. The molecular weight excluding hydrogens is 302 g/mol. The van der Waals surface area contributed by atoms with Crippen molar-refractivity contribution in [2.75, 3.05) is 26.2 Å². The van der Waals surface area contributed by atoms with Crippen molar-refractivity contribution < 1.29 is 9.90 Å². The van der Waals surface area contributed by atoms with Crippen LogP contribution in [0.5, 0.6) is 5.75 Å². The van der Waals surface area contributed by atoms with Crippen molar-refractivity contribution in [3.8, 4) is 5.75 Å². The molecular formula is C19H23N3O2. The van der Waals surface area contributed by atoms with Crippen LogP contribution in [0.3, 0.4) is 0 Å². The largest absolute Gasteiger partial charge is 0.505 e. The van der Waals surface area contributed by atoms with E-state index in [2.05, 4.69) is 45.5 Å². The van der Waals surface area contributed by atoms with Crippen molar-refractivity contribution in [1.82, 2.24) is 15.2 Å². The van der Waals surface area contributed by atoms with Crippen LogP contribution >= 0.6 is 0 Å². The van der Waals surface area contributed by atoms with Gasteiger partial charge in [0.15, 0.2) is 5.69 Å². The van der Waals surface area contributed by atoms with E-state index in [1.54, 1.807) is 6.07 Å². The normalized spacial score (nSPS) is 16.0. The molecule has 2 N–H and O–H groups in total. The number of pyridine rings is 1. The smallest absolute Gasteiger partial charge is 0.273 e. The van der Waals surface area contributed by atoms with Gasteiger partial charge in [-0.1, -0.05) is 30.3 Å². The summed E-state index contributed by atoms with van der Waals surface area (Å²) in [5.74, 6) is 0.230. The molecule has 5 heteroatoms. The van der Waals surface area contributed by atoms with Crippen molar-refractivity contribution in [3.05, 3.63) is 59.9 Å². The van der Waals surface area contributed by atoms with Crippen LogP contribution in [-0.4, -0.2) is 47.1 Å². The summed E-state index contributed by atoms with van der Waals surface area (Å²) in [6, 6.07) is 13.7. The monoisotopic (exact) mass is 325 g/mol. The van der Waals surface area contributed by atoms with Crippen LogP contribution in [0.4, 0.5) is 0 Å². The number of carbonyl (C=O) groups excluding carboxylic acids is 1.